The number of nitrogens with one attached hydrogen (secondary N) is 2. The molecule has 2 rings (SSSR count). The van der Waals surface area contributed by atoms with Crippen LogP contribution in [0.15, 0.2) is 42.5 Å². The average molecular weight is 415 g/mol. The van der Waals surface area contributed by atoms with E-state index in [0.717, 1.165) is 53.5 Å². The molecular weight excluding hydrogens is 380 g/mol. The summed E-state index contributed by atoms with van der Waals surface area (Å²) in [7, 11) is 3.68. The van der Waals surface area contributed by atoms with Crippen LogP contribution in [0.2, 0.25) is 5.02 Å². The molecule has 0 amide bonds. The first kappa shape index (κ1) is 23.2. The van der Waals surface area contributed by atoms with Crippen molar-refractivity contribution in [2.45, 2.75) is 51.9 Å². The number of methoxy groups -OCH3 is 1. The molecule has 0 radical (unpaired) electrons. The van der Waals surface area contributed by atoms with E-state index in [1.807, 2.05) is 13.1 Å². The van der Waals surface area contributed by atoms with E-state index in [1.165, 1.54) is 12.0 Å². The Bertz CT molecular complexity index is 818. The van der Waals surface area contributed by atoms with Crippen LogP contribution in [0.1, 0.15) is 57.6 Å². The van der Waals surface area contributed by atoms with Gasteiger partial charge in [0.05, 0.1) is 7.11 Å². The topological polar surface area (TPSA) is 33.3 Å². The molecule has 29 heavy (non-hydrogen) atoms. The first-order valence-electron chi connectivity index (χ1n) is 10.5. The van der Waals surface area contributed by atoms with Gasteiger partial charge < -0.3 is 15.4 Å². The molecule has 2 aromatic rings. The van der Waals surface area contributed by atoms with E-state index in [9.17, 15) is 0 Å². The SMILES string of the molecule is CCCCNc1ccc(/C=C/CC(C)(CC)c2cc(Cl)ccc2NC)c(OC)c1. The summed E-state index contributed by atoms with van der Waals surface area (Å²) in [6, 6.07) is 12.4. The molecule has 2 N–H and O–H groups in total. The molecule has 0 fully saturated rings. The van der Waals surface area contributed by atoms with E-state index in [-0.39, 0.29) is 5.41 Å². The van der Waals surface area contributed by atoms with Crippen molar-refractivity contribution in [1.29, 1.82) is 0 Å². The molecule has 158 valence electrons. The van der Waals surface area contributed by atoms with Crippen LogP contribution in [-0.2, 0) is 5.41 Å². The third kappa shape index (κ3) is 6.17. The predicted molar refractivity (Wildman–Crippen MR) is 129 cm³/mol. The second-order valence-electron chi connectivity index (χ2n) is 7.70. The fourth-order valence-corrected chi connectivity index (χ4v) is 3.66. The lowest BCUT2D eigenvalue weighted by molar-refractivity contribution is 0.414. The van der Waals surface area contributed by atoms with Gasteiger partial charge in [-0.25, -0.2) is 0 Å². The maximum Gasteiger partial charge on any atom is 0.128 e. The van der Waals surface area contributed by atoms with Crippen molar-refractivity contribution < 1.29 is 4.74 Å². The first-order chi connectivity index (χ1) is 14.0. The Kier molecular flexibility index (Phi) is 8.91. The lowest BCUT2D eigenvalue weighted by Crippen LogP contribution is -2.21. The number of anilines is 2. The molecule has 0 aliphatic carbocycles. The van der Waals surface area contributed by atoms with E-state index in [0.29, 0.717) is 0 Å². The van der Waals surface area contributed by atoms with Crippen molar-refractivity contribution in [2.75, 3.05) is 31.3 Å². The number of allylic oxidation sites excluding steroid dienone is 1. The van der Waals surface area contributed by atoms with E-state index in [2.05, 4.69) is 73.9 Å². The van der Waals surface area contributed by atoms with Crippen molar-refractivity contribution in [3.63, 3.8) is 0 Å². The molecule has 0 aliphatic heterocycles. The summed E-state index contributed by atoms with van der Waals surface area (Å²) in [6.45, 7) is 7.70. The normalized spacial score (nSPS) is 13.3. The average Bonchev–Trinajstić information content (AvgIpc) is 2.74. The number of halogens is 1. The summed E-state index contributed by atoms with van der Waals surface area (Å²) in [5, 5.41) is 7.53. The van der Waals surface area contributed by atoms with Crippen LogP contribution in [0, 0.1) is 0 Å². The highest BCUT2D eigenvalue weighted by Crippen LogP contribution is 2.38. The molecular formula is C25H35ClN2O. The van der Waals surface area contributed by atoms with Crippen LogP contribution in [0.25, 0.3) is 6.08 Å². The number of ether oxygens (including phenoxy) is 1. The van der Waals surface area contributed by atoms with E-state index < -0.39 is 0 Å². The molecule has 0 aliphatic rings. The van der Waals surface area contributed by atoms with Crippen LogP contribution >= 0.6 is 11.6 Å². The maximum atomic E-state index is 6.30. The minimum Gasteiger partial charge on any atom is -0.496 e. The van der Waals surface area contributed by atoms with Gasteiger partial charge in [-0.3, -0.25) is 0 Å². The van der Waals surface area contributed by atoms with Crippen LogP contribution in [-0.4, -0.2) is 20.7 Å². The van der Waals surface area contributed by atoms with Gasteiger partial charge in [0.25, 0.3) is 0 Å². The van der Waals surface area contributed by atoms with Crippen LogP contribution in [0.3, 0.4) is 0 Å². The molecule has 2 aromatic carbocycles. The summed E-state index contributed by atoms with van der Waals surface area (Å²) in [4.78, 5) is 0. The fraction of sp³-hybridized carbons (Fsp3) is 0.440. The van der Waals surface area contributed by atoms with Gasteiger partial charge in [-0.1, -0.05) is 50.9 Å². The van der Waals surface area contributed by atoms with Gasteiger partial charge in [-0.2, -0.15) is 0 Å². The van der Waals surface area contributed by atoms with Crippen LogP contribution in [0.4, 0.5) is 11.4 Å². The van der Waals surface area contributed by atoms with Gasteiger partial charge in [0.15, 0.2) is 0 Å². The lowest BCUT2D eigenvalue weighted by atomic mass is 9.76. The summed E-state index contributed by atoms with van der Waals surface area (Å²) in [5.41, 5.74) is 4.57. The monoisotopic (exact) mass is 414 g/mol. The maximum absolute atomic E-state index is 6.30. The van der Waals surface area contributed by atoms with Crippen molar-refractivity contribution >= 4 is 29.1 Å². The number of hydrogen-bond donors (Lipinski definition) is 2. The minimum atomic E-state index is -0.00533. The Morgan fingerprint density at radius 1 is 1.14 bits per heavy atom. The van der Waals surface area contributed by atoms with E-state index >= 15 is 0 Å². The van der Waals surface area contributed by atoms with Crippen molar-refractivity contribution in [3.05, 3.63) is 58.6 Å². The fourth-order valence-electron chi connectivity index (χ4n) is 3.49. The Balaban J connectivity index is 2.19. The number of unbranched alkanes of at least 4 members (excludes halogenated alkanes) is 1. The lowest BCUT2D eigenvalue weighted by Gasteiger charge is -2.30. The molecule has 0 bridgehead atoms. The third-order valence-corrected chi connectivity index (χ3v) is 5.88. The molecule has 3 nitrogen and oxygen atoms in total. The molecule has 1 atom stereocenters. The summed E-state index contributed by atoms with van der Waals surface area (Å²) >= 11 is 6.30. The molecule has 0 saturated carbocycles. The standard InChI is InChI=1S/C25H35ClN2O/c1-6-8-16-28-21-13-11-19(24(18-21)29-5)10-9-15-25(3,7-2)22-17-20(26)12-14-23(22)27-4/h9-14,17-18,27-28H,6-8,15-16H2,1-5H3/b10-9+. The zero-order valence-corrected chi connectivity index (χ0v) is 19.2. The van der Waals surface area contributed by atoms with Crippen molar-refractivity contribution in [2.24, 2.45) is 0 Å². The number of rotatable bonds is 11. The molecule has 4 heteroatoms. The summed E-state index contributed by atoms with van der Waals surface area (Å²) in [6.07, 6.45) is 8.68. The minimum absolute atomic E-state index is 0.00533. The van der Waals surface area contributed by atoms with Gasteiger partial charge in [0.1, 0.15) is 5.75 Å². The van der Waals surface area contributed by atoms with Gasteiger partial charge >= 0.3 is 0 Å². The molecule has 1 unspecified atom stereocenters. The van der Waals surface area contributed by atoms with Crippen molar-refractivity contribution in [3.8, 4) is 5.75 Å². The molecule has 0 spiro atoms. The summed E-state index contributed by atoms with van der Waals surface area (Å²) in [5.74, 6) is 0.889. The highest BCUT2D eigenvalue weighted by atomic mass is 35.5. The molecule has 0 saturated heterocycles. The number of hydrogen-bond acceptors (Lipinski definition) is 3. The third-order valence-electron chi connectivity index (χ3n) is 5.64. The van der Waals surface area contributed by atoms with E-state index in [4.69, 9.17) is 16.3 Å². The Morgan fingerprint density at radius 2 is 1.93 bits per heavy atom. The molecule has 0 heterocycles. The van der Waals surface area contributed by atoms with E-state index in [1.54, 1.807) is 7.11 Å². The smallest absolute Gasteiger partial charge is 0.128 e. The van der Waals surface area contributed by atoms with Gasteiger partial charge in [-0.15, -0.1) is 0 Å². The summed E-state index contributed by atoms with van der Waals surface area (Å²) < 4.78 is 5.62. The van der Waals surface area contributed by atoms with Gasteiger partial charge in [-0.05, 0) is 60.6 Å². The van der Waals surface area contributed by atoms with Crippen LogP contribution < -0.4 is 15.4 Å². The predicted octanol–water partition coefficient (Wildman–Crippen LogP) is 7.37. The zero-order chi connectivity index (χ0) is 21.3. The van der Waals surface area contributed by atoms with Gasteiger partial charge in [0, 0.05) is 41.6 Å². The van der Waals surface area contributed by atoms with Crippen molar-refractivity contribution in [1.82, 2.24) is 0 Å². The Morgan fingerprint density at radius 3 is 2.59 bits per heavy atom. The zero-order valence-electron chi connectivity index (χ0n) is 18.4. The first-order valence-corrected chi connectivity index (χ1v) is 10.9. The Hall–Kier alpha value is -2.13. The highest BCUT2D eigenvalue weighted by molar-refractivity contribution is 6.30. The quantitative estimate of drug-likeness (QED) is 0.376. The highest BCUT2D eigenvalue weighted by Gasteiger charge is 2.26. The second kappa shape index (κ2) is 11.2. The number of benzene rings is 2. The van der Waals surface area contributed by atoms with Crippen LogP contribution in [0.5, 0.6) is 5.75 Å². The second-order valence-corrected chi connectivity index (χ2v) is 8.13. The molecule has 0 aromatic heterocycles. The largest absolute Gasteiger partial charge is 0.496 e. The Labute approximate surface area is 181 Å². The van der Waals surface area contributed by atoms with Gasteiger partial charge in [0.2, 0.25) is 0 Å².